The Morgan fingerprint density at radius 1 is 1.43 bits per heavy atom. The van der Waals surface area contributed by atoms with Crippen LogP contribution in [0.2, 0.25) is 0 Å². The summed E-state index contributed by atoms with van der Waals surface area (Å²) in [6, 6.07) is 4.15. The molecule has 0 saturated carbocycles. The molecule has 0 fully saturated rings. The zero-order valence-electron chi connectivity index (χ0n) is 9.50. The lowest BCUT2D eigenvalue weighted by Gasteiger charge is -2.21. The topological polar surface area (TPSA) is 26.2 Å². The van der Waals surface area contributed by atoms with Crippen LogP contribution in [0.5, 0.6) is 0 Å². The molecule has 0 bridgehead atoms. The average molecular weight is 196 g/mol. The van der Waals surface area contributed by atoms with Crippen LogP contribution in [0.3, 0.4) is 0 Å². The molecule has 0 aliphatic heterocycles. The second-order valence-electron chi connectivity index (χ2n) is 4.49. The van der Waals surface area contributed by atoms with E-state index in [1.54, 1.807) is 7.11 Å². The minimum atomic E-state index is 0.155. The third-order valence-electron chi connectivity index (χ3n) is 1.99. The Balaban J connectivity index is 2.53. The summed E-state index contributed by atoms with van der Waals surface area (Å²) < 4.78 is 7.19. The Hall–Kier alpha value is -0.800. The maximum absolute atomic E-state index is 5.09. The number of aromatic nitrogens is 1. The summed E-state index contributed by atoms with van der Waals surface area (Å²) in [6.07, 6.45) is 2.03. The van der Waals surface area contributed by atoms with Crippen molar-refractivity contribution in [2.75, 3.05) is 7.11 Å². The average Bonchev–Trinajstić information content (AvgIpc) is 2.48. The van der Waals surface area contributed by atoms with Crippen molar-refractivity contribution in [1.29, 1.82) is 0 Å². The van der Waals surface area contributed by atoms with E-state index in [1.807, 2.05) is 12.3 Å². The minimum absolute atomic E-state index is 0.155. The standard InChI is InChI=1S/C11H20N2O/c1-11(2,3)12-8-10-6-5-7-13(10)9-14-4/h5-7,12H,8-9H2,1-4H3. The molecule has 0 unspecified atom stereocenters. The molecule has 0 aliphatic carbocycles. The van der Waals surface area contributed by atoms with E-state index in [-0.39, 0.29) is 5.54 Å². The van der Waals surface area contributed by atoms with E-state index in [0.717, 1.165) is 6.54 Å². The fraction of sp³-hybridized carbons (Fsp3) is 0.636. The molecule has 1 rings (SSSR count). The van der Waals surface area contributed by atoms with E-state index in [9.17, 15) is 0 Å². The SMILES string of the molecule is COCn1cccc1CNC(C)(C)C. The van der Waals surface area contributed by atoms with Gasteiger partial charge in [0.2, 0.25) is 0 Å². The largest absolute Gasteiger partial charge is 0.364 e. The van der Waals surface area contributed by atoms with Gasteiger partial charge in [-0.3, -0.25) is 0 Å². The highest BCUT2D eigenvalue weighted by atomic mass is 16.5. The number of rotatable bonds is 4. The molecular weight excluding hydrogens is 176 g/mol. The quantitative estimate of drug-likeness (QED) is 0.797. The first-order chi connectivity index (χ1) is 6.53. The zero-order chi connectivity index (χ0) is 10.6. The molecule has 1 aromatic rings. The third kappa shape index (κ3) is 3.52. The molecule has 3 nitrogen and oxygen atoms in total. The van der Waals surface area contributed by atoms with Crippen molar-refractivity contribution in [3.8, 4) is 0 Å². The lowest BCUT2D eigenvalue weighted by molar-refractivity contribution is 0.128. The van der Waals surface area contributed by atoms with Crippen molar-refractivity contribution in [2.45, 2.75) is 39.6 Å². The summed E-state index contributed by atoms with van der Waals surface area (Å²) in [5.41, 5.74) is 1.41. The molecule has 0 saturated heterocycles. The van der Waals surface area contributed by atoms with Crippen LogP contribution in [0, 0.1) is 0 Å². The lowest BCUT2D eigenvalue weighted by atomic mass is 10.1. The lowest BCUT2D eigenvalue weighted by Crippen LogP contribution is -2.35. The predicted octanol–water partition coefficient (Wildman–Crippen LogP) is 1.98. The summed E-state index contributed by atoms with van der Waals surface area (Å²) in [5.74, 6) is 0. The second kappa shape index (κ2) is 4.62. The first kappa shape index (κ1) is 11.3. The van der Waals surface area contributed by atoms with Gasteiger partial charge in [-0.05, 0) is 32.9 Å². The molecule has 14 heavy (non-hydrogen) atoms. The number of nitrogens with one attached hydrogen (secondary N) is 1. The summed E-state index contributed by atoms with van der Waals surface area (Å²) in [4.78, 5) is 0. The van der Waals surface area contributed by atoms with Crippen LogP contribution in [-0.4, -0.2) is 17.2 Å². The van der Waals surface area contributed by atoms with Crippen molar-refractivity contribution in [1.82, 2.24) is 9.88 Å². The van der Waals surface area contributed by atoms with Gasteiger partial charge >= 0.3 is 0 Å². The highest BCUT2D eigenvalue weighted by molar-refractivity contribution is 5.06. The Morgan fingerprint density at radius 3 is 2.71 bits per heavy atom. The second-order valence-corrected chi connectivity index (χ2v) is 4.49. The van der Waals surface area contributed by atoms with Gasteiger partial charge in [-0.25, -0.2) is 0 Å². The summed E-state index contributed by atoms with van der Waals surface area (Å²) in [7, 11) is 1.71. The van der Waals surface area contributed by atoms with Crippen LogP contribution < -0.4 is 5.32 Å². The first-order valence-electron chi connectivity index (χ1n) is 4.91. The van der Waals surface area contributed by atoms with Gasteiger partial charge in [-0.1, -0.05) is 0 Å². The van der Waals surface area contributed by atoms with Crippen LogP contribution in [-0.2, 0) is 18.0 Å². The molecule has 3 heteroatoms. The van der Waals surface area contributed by atoms with Crippen molar-refractivity contribution < 1.29 is 4.74 Å². The number of nitrogens with zero attached hydrogens (tertiary/aromatic N) is 1. The monoisotopic (exact) mass is 196 g/mol. The molecule has 0 amide bonds. The molecule has 80 valence electrons. The molecule has 0 spiro atoms. The van der Waals surface area contributed by atoms with E-state index in [0.29, 0.717) is 6.73 Å². The Labute approximate surface area is 86.1 Å². The van der Waals surface area contributed by atoms with Crippen molar-refractivity contribution in [3.63, 3.8) is 0 Å². The van der Waals surface area contributed by atoms with E-state index in [2.05, 4.69) is 36.7 Å². The van der Waals surface area contributed by atoms with Gasteiger partial charge in [0.15, 0.2) is 0 Å². The van der Waals surface area contributed by atoms with Gasteiger partial charge in [0.1, 0.15) is 6.73 Å². The van der Waals surface area contributed by atoms with Crippen molar-refractivity contribution >= 4 is 0 Å². The van der Waals surface area contributed by atoms with Gasteiger partial charge in [0, 0.05) is 31.1 Å². The molecule has 0 aromatic carbocycles. The van der Waals surface area contributed by atoms with Crippen LogP contribution in [0.15, 0.2) is 18.3 Å². The summed E-state index contributed by atoms with van der Waals surface area (Å²) >= 11 is 0. The zero-order valence-corrected chi connectivity index (χ0v) is 9.50. The number of ether oxygens (including phenoxy) is 1. The van der Waals surface area contributed by atoms with E-state index in [1.165, 1.54) is 5.69 Å². The maximum atomic E-state index is 5.09. The minimum Gasteiger partial charge on any atom is -0.364 e. The summed E-state index contributed by atoms with van der Waals surface area (Å²) in [6.45, 7) is 7.98. The van der Waals surface area contributed by atoms with E-state index >= 15 is 0 Å². The molecular formula is C11H20N2O. The smallest absolute Gasteiger partial charge is 0.122 e. The highest BCUT2D eigenvalue weighted by Gasteiger charge is 2.09. The van der Waals surface area contributed by atoms with Gasteiger partial charge in [0.25, 0.3) is 0 Å². The Morgan fingerprint density at radius 2 is 2.14 bits per heavy atom. The normalized spacial score (nSPS) is 12.0. The van der Waals surface area contributed by atoms with Crippen LogP contribution >= 0.6 is 0 Å². The number of hydrogen-bond donors (Lipinski definition) is 1. The fourth-order valence-corrected chi connectivity index (χ4v) is 1.23. The predicted molar refractivity (Wildman–Crippen MR) is 58.0 cm³/mol. The van der Waals surface area contributed by atoms with Gasteiger partial charge in [-0.2, -0.15) is 0 Å². The van der Waals surface area contributed by atoms with Gasteiger partial charge in [-0.15, -0.1) is 0 Å². The van der Waals surface area contributed by atoms with E-state index < -0.39 is 0 Å². The molecule has 1 heterocycles. The molecule has 0 radical (unpaired) electrons. The Bertz CT molecular complexity index is 273. The number of methoxy groups -OCH3 is 1. The van der Waals surface area contributed by atoms with E-state index in [4.69, 9.17) is 4.74 Å². The molecule has 1 aromatic heterocycles. The van der Waals surface area contributed by atoms with Crippen molar-refractivity contribution in [2.24, 2.45) is 0 Å². The highest BCUT2D eigenvalue weighted by Crippen LogP contribution is 2.05. The first-order valence-corrected chi connectivity index (χ1v) is 4.91. The van der Waals surface area contributed by atoms with Crippen molar-refractivity contribution in [3.05, 3.63) is 24.0 Å². The maximum Gasteiger partial charge on any atom is 0.122 e. The van der Waals surface area contributed by atoms with Crippen LogP contribution in [0.4, 0.5) is 0 Å². The number of hydrogen-bond acceptors (Lipinski definition) is 2. The third-order valence-corrected chi connectivity index (χ3v) is 1.99. The fourth-order valence-electron chi connectivity index (χ4n) is 1.23. The van der Waals surface area contributed by atoms with Crippen LogP contribution in [0.1, 0.15) is 26.5 Å². The Kier molecular flexibility index (Phi) is 3.72. The molecule has 0 aliphatic rings. The summed E-state index contributed by atoms with van der Waals surface area (Å²) in [5, 5.41) is 3.45. The van der Waals surface area contributed by atoms with Gasteiger partial charge in [0.05, 0.1) is 0 Å². The van der Waals surface area contributed by atoms with Gasteiger partial charge < -0.3 is 14.6 Å². The molecule has 0 atom stereocenters. The molecule has 1 N–H and O–H groups in total. The van der Waals surface area contributed by atoms with Crippen LogP contribution in [0.25, 0.3) is 0 Å².